The highest BCUT2D eigenvalue weighted by Crippen LogP contribution is 2.20. The number of ether oxygens (including phenoxy) is 1. The summed E-state index contributed by atoms with van der Waals surface area (Å²) in [7, 11) is -3.64. The fraction of sp³-hybridized carbons (Fsp3) is 0.417. The van der Waals surface area contributed by atoms with E-state index in [2.05, 4.69) is 4.72 Å². The van der Waals surface area contributed by atoms with Crippen LogP contribution in [-0.4, -0.2) is 28.2 Å². The SMILES string of the molecule is N#Cc1ccc(S(=O)(=O)NCC2CCOC2)c(N)c1. The van der Waals surface area contributed by atoms with Gasteiger partial charge in [-0.05, 0) is 30.5 Å². The van der Waals surface area contributed by atoms with Crippen LogP contribution in [0, 0.1) is 17.2 Å². The third kappa shape index (κ3) is 3.23. The molecule has 102 valence electrons. The normalized spacial score (nSPS) is 19.2. The van der Waals surface area contributed by atoms with Gasteiger partial charge in [-0.25, -0.2) is 13.1 Å². The van der Waals surface area contributed by atoms with Crippen LogP contribution in [0.2, 0.25) is 0 Å². The number of nitrogens with two attached hydrogens (primary N) is 1. The van der Waals surface area contributed by atoms with Gasteiger partial charge < -0.3 is 10.5 Å². The Morgan fingerprint density at radius 3 is 2.89 bits per heavy atom. The monoisotopic (exact) mass is 281 g/mol. The smallest absolute Gasteiger partial charge is 0.242 e. The lowest BCUT2D eigenvalue weighted by Crippen LogP contribution is -2.30. The van der Waals surface area contributed by atoms with E-state index in [1.54, 1.807) is 0 Å². The molecule has 1 aliphatic heterocycles. The van der Waals surface area contributed by atoms with Gasteiger partial charge in [-0.2, -0.15) is 5.26 Å². The van der Waals surface area contributed by atoms with Crippen LogP contribution in [0.3, 0.4) is 0 Å². The highest BCUT2D eigenvalue weighted by Gasteiger charge is 2.21. The minimum Gasteiger partial charge on any atom is -0.398 e. The molecule has 0 radical (unpaired) electrons. The van der Waals surface area contributed by atoms with Crippen molar-refractivity contribution in [2.45, 2.75) is 11.3 Å². The van der Waals surface area contributed by atoms with E-state index >= 15 is 0 Å². The van der Waals surface area contributed by atoms with Gasteiger partial charge in [-0.3, -0.25) is 0 Å². The molecule has 1 heterocycles. The zero-order valence-electron chi connectivity index (χ0n) is 10.3. The highest BCUT2D eigenvalue weighted by atomic mass is 32.2. The Morgan fingerprint density at radius 2 is 2.32 bits per heavy atom. The second-order valence-electron chi connectivity index (χ2n) is 4.45. The summed E-state index contributed by atoms with van der Waals surface area (Å²) < 4.78 is 31.9. The van der Waals surface area contributed by atoms with Gasteiger partial charge in [-0.1, -0.05) is 0 Å². The van der Waals surface area contributed by atoms with Crippen LogP contribution in [-0.2, 0) is 14.8 Å². The van der Waals surface area contributed by atoms with Crippen molar-refractivity contribution in [1.29, 1.82) is 5.26 Å². The van der Waals surface area contributed by atoms with Gasteiger partial charge in [0.2, 0.25) is 10.0 Å². The third-order valence-corrected chi connectivity index (χ3v) is 4.51. The predicted molar refractivity (Wildman–Crippen MR) is 69.7 cm³/mol. The number of hydrogen-bond donors (Lipinski definition) is 2. The lowest BCUT2D eigenvalue weighted by molar-refractivity contribution is 0.186. The predicted octanol–water partition coefficient (Wildman–Crippen LogP) is 0.455. The molecule has 7 heteroatoms. The summed E-state index contributed by atoms with van der Waals surface area (Å²) in [6.07, 6.45) is 0.853. The van der Waals surface area contributed by atoms with E-state index in [0.717, 1.165) is 6.42 Å². The van der Waals surface area contributed by atoms with Gasteiger partial charge in [0.05, 0.1) is 23.9 Å². The molecule has 0 amide bonds. The van der Waals surface area contributed by atoms with Crippen LogP contribution in [0.1, 0.15) is 12.0 Å². The molecule has 0 saturated carbocycles. The van der Waals surface area contributed by atoms with Crippen molar-refractivity contribution in [2.75, 3.05) is 25.5 Å². The Balaban J connectivity index is 2.12. The number of hydrogen-bond acceptors (Lipinski definition) is 5. The number of benzene rings is 1. The van der Waals surface area contributed by atoms with Crippen LogP contribution in [0.4, 0.5) is 5.69 Å². The molecule has 1 saturated heterocycles. The molecule has 0 bridgehead atoms. The van der Waals surface area contributed by atoms with Gasteiger partial charge in [0.25, 0.3) is 0 Å². The standard InChI is InChI=1S/C12H15N3O3S/c13-6-9-1-2-12(11(14)5-9)19(16,17)15-7-10-3-4-18-8-10/h1-2,5,10,15H,3-4,7-8,14H2. The number of nitrogen functional groups attached to an aromatic ring is 1. The molecule has 1 aromatic rings. The first kappa shape index (κ1) is 13.8. The van der Waals surface area contributed by atoms with Gasteiger partial charge in [0, 0.05) is 13.2 Å². The topological polar surface area (TPSA) is 105 Å². The first-order valence-corrected chi connectivity index (χ1v) is 7.38. The number of nitrogens with zero attached hydrogens (tertiary/aromatic N) is 1. The molecule has 0 aliphatic carbocycles. The molecular formula is C12H15N3O3S. The highest BCUT2D eigenvalue weighted by molar-refractivity contribution is 7.89. The van der Waals surface area contributed by atoms with Crippen molar-refractivity contribution < 1.29 is 13.2 Å². The molecule has 19 heavy (non-hydrogen) atoms. The number of nitriles is 1. The lowest BCUT2D eigenvalue weighted by Gasteiger charge is -2.11. The van der Waals surface area contributed by atoms with Gasteiger partial charge in [0.15, 0.2) is 0 Å². The number of sulfonamides is 1. The Labute approximate surface area is 112 Å². The Morgan fingerprint density at radius 1 is 1.53 bits per heavy atom. The number of anilines is 1. The van der Waals surface area contributed by atoms with E-state index in [0.29, 0.717) is 25.3 Å². The van der Waals surface area contributed by atoms with Crippen molar-refractivity contribution in [2.24, 2.45) is 5.92 Å². The van der Waals surface area contributed by atoms with Crippen LogP contribution in [0.25, 0.3) is 0 Å². The molecule has 3 N–H and O–H groups in total. The maximum Gasteiger partial charge on any atom is 0.242 e. The van der Waals surface area contributed by atoms with Crippen molar-refractivity contribution in [3.05, 3.63) is 23.8 Å². The van der Waals surface area contributed by atoms with E-state index in [-0.39, 0.29) is 16.5 Å². The van der Waals surface area contributed by atoms with Crippen LogP contribution in [0.15, 0.2) is 23.1 Å². The average Bonchev–Trinajstić information content (AvgIpc) is 2.89. The number of rotatable bonds is 4. The van der Waals surface area contributed by atoms with Crippen LogP contribution in [0.5, 0.6) is 0 Å². The van der Waals surface area contributed by atoms with Crippen molar-refractivity contribution in [3.8, 4) is 6.07 Å². The van der Waals surface area contributed by atoms with Crippen LogP contribution < -0.4 is 10.5 Å². The van der Waals surface area contributed by atoms with E-state index < -0.39 is 10.0 Å². The van der Waals surface area contributed by atoms with Crippen LogP contribution >= 0.6 is 0 Å². The lowest BCUT2D eigenvalue weighted by atomic mass is 10.1. The van der Waals surface area contributed by atoms with Gasteiger partial charge >= 0.3 is 0 Å². The minimum atomic E-state index is -3.64. The second-order valence-corrected chi connectivity index (χ2v) is 6.18. The van der Waals surface area contributed by atoms with E-state index in [9.17, 15) is 8.42 Å². The zero-order valence-corrected chi connectivity index (χ0v) is 11.1. The van der Waals surface area contributed by atoms with Crippen molar-refractivity contribution >= 4 is 15.7 Å². The Kier molecular flexibility index (Phi) is 4.04. The first-order valence-electron chi connectivity index (χ1n) is 5.90. The molecule has 1 atom stereocenters. The first-order chi connectivity index (χ1) is 9.03. The fourth-order valence-corrected chi connectivity index (χ4v) is 3.14. The summed E-state index contributed by atoms with van der Waals surface area (Å²) in [5.74, 6) is 0.203. The summed E-state index contributed by atoms with van der Waals surface area (Å²) in [5.41, 5.74) is 6.08. The van der Waals surface area contributed by atoms with E-state index in [1.807, 2.05) is 6.07 Å². The molecule has 1 aromatic carbocycles. The van der Waals surface area contributed by atoms with Crippen molar-refractivity contribution in [3.63, 3.8) is 0 Å². The molecule has 0 spiro atoms. The molecule has 1 fully saturated rings. The van der Waals surface area contributed by atoms with Gasteiger partial charge in [-0.15, -0.1) is 0 Å². The summed E-state index contributed by atoms with van der Waals surface area (Å²) in [4.78, 5) is 0.00501. The van der Waals surface area contributed by atoms with Gasteiger partial charge in [0.1, 0.15) is 4.90 Å². The summed E-state index contributed by atoms with van der Waals surface area (Å²) >= 11 is 0. The number of nitrogens with one attached hydrogen (secondary N) is 1. The second kappa shape index (κ2) is 5.57. The summed E-state index contributed by atoms with van der Waals surface area (Å²) in [5, 5.41) is 8.72. The molecule has 6 nitrogen and oxygen atoms in total. The fourth-order valence-electron chi connectivity index (χ4n) is 1.91. The molecule has 0 aromatic heterocycles. The summed E-state index contributed by atoms with van der Waals surface area (Å²) in [6.45, 7) is 1.58. The van der Waals surface area contributed by atoms with Crippen molar-refractivity contribution in [1.82, 2.24) is 4.72 Å². The molecule has 1 unspecified atom stereocenters. The molecular weight excluding hydrogens is 266 g/mol. The third-order valence-electron chi connectivity index (χ3n) is 3.01. The molecule has 2 rings (SSSR count). The largest absolute Gasteiger partial charge is 0.398 e. The minimum absolute atomic E-state index is 0.00501. The summed E-state index contributed by atoms with van der Waals surface area (Å²) in [6, 6.07) is 6.05. The maximum absolute atomic E-state index is 12.1. The Hall–Kier alpha value is -1.62. The Bertz CT molecular complexity index is 601. The zero-order chi connectivity index (χ0) is 13.9. The maximum atomic E-state index is 12.1. The molecule has 1 aliphatic rings. The quantitative estimate of drug-likeness (QED) is 0.780. The van der Waals surface area contributed by atoms with E-state index in [1.165, 1.54) is 18.2 Å². The average molecular weight is 281 g/mol. The van der Waals surface area contributed by atoms with E-state index in [4.69, 9.17) is 15.7 Å².